The molecule has 3 aromatic rings. The zero-order valence-electron chi connectivity index (χ0n) is 10.2. The molecule has 1 aromatic carbocycles. The van der Waals surface area contributed by atoms with Gasteiger partial charge in [0, 0.05) is 30.2 Å². The molecule has 3 rings (SSSR count). The van der Waals surface area contributed by atoms with E-state index in [0.717, 1.165) is 16.6 Å². The van der Waals surface area contributed by atoms with Crippen LogP contribution in [0.5, 0.6) is 0 Å². The number of rotatable bonds is 4. The fourth-order valence-corrected chi connectivity index (χ4v) is 1.95. The number of carbonyl (C=O) groups is 1. The highest BCUT2D eigenvalue weighted by molar-refractivity contribution is 6.04. The van der Waals surface area contributed by atoms with Crippen molar-refractivity contribution < 1.29 is 4.79 Å². The van der Waals surface area contributed by atoms with Crippen LogP contribution in [0.15, 0.2) is 36.8 Å². The molecule has 19 heavy (non-hydrogen) atoms. The second-order valence-electron chi connectivity index (χ2n) is 4.20. The molecule has 96 valence electrons. The Balaban J connectivity index is 1.67. The third-order valence-electron chi connectivity index (χ3n) is 2.92. The van der Waals surface area contributed by atoms with Crippen LogP contribution in [0.2, 0.25) is 0 Å². The summed E-state index contributed by atoms with van der Waals surface area (Å²) >= 11 is 0. The number of nitrogens with zero attached hydrogens (tertiary/aromatic N) is 2. The van der Waals surface area contributed by atoms with Crippen LogP contribution in [0.3, 0.4) is 0 Å². The summed E-state index contributed by atoms with van der Waals surface area (Å²) in [7, 11) is 0. The lowest BCUT2D eigenvalue weighted by Crippen LogP contribution is -2.26. The fourth-order valence-electron chi connectivity index (χ4n) is 1.95. The number of hydrogen-bond acceptors (Lipinski definition) is 3. The summed E-state index contributed by atoms with van der Waals surface area (Å²) in [6.07, 6.45) is 4.09. The van der Waals surface area contributed by atoms with Gasteiger partial charge in [0.25, 0.3) is 5.91 Å². The van der Waals surface area contributed by atoms with Crippen LogP contribution < -0.4 is 5.32 Å². The summed E-state index contributed by atoms with van der Waals surface area (Å²) in [5.74, 6) is -0.169. The Morgan fingerprint density at radius 3 is 3.05 bits per heavy atom. The third kappa shape index (κ3) is 2.33. The Bertz CT molecular complexity index is 686. The largest absolute Gasteiger partial charge is 0.350 e. The maximum Gasteiger partial charge on any atom is 0.272 e. The zero-order chi connectivity index (χ0) is 13.1. The summed E-state index contributed by atoms with van der Waals surface area (Å²) in [4.78, 5) is 18.9. The van der Waals surface area contributed by atoms with Gasteiger partial charge in [-0.15, -0.1) is 0 Å². The van der Waals surface area contributed by atoms with Crippen molar-refractivity contribution >= 4 is 16.8 Å². The first-order chi connectivity index (χ1) is 9.34. The number of fused-ring (bicyclic) bond motifs is 1. The second kappa shape index (κ2) is 4.93. The van der Waals surface area contributed by atoms with Crippen molar-refractivity contribution in [3.8, 4) is 0 Å². The van der Waals surface area contributed by atoms with Gasteiger partial charge in [-0.25, -0.2) is 4.98 Å². The van der Waals surface area contributed by atoms with Crippen molar-refractivity contribution in [1.29, 1.82) is 0 Å². The molecule has 0 saturated carbocycles. The van der Waals surface area contributed by atoms with Gasteiger partial charge >= 0.3 is 0 Å². The molecule has 0 saturated heterocycles. The highest BCUT2D eigenvalue weighted by atomic mass is 16.1. The number of H-pyrrole nitrogens is 2. The SMILES string of the molecule is O=C(NCCc1cnc[nH]1)c1n[nH]c2ccccc12. The molecule has 0 unspecified atom stereocenters. The van der Waals surface area contributed by atoms with E-state index in [4.69, 9.17) is 0 Å². The maximum absolute atomic E-state index is 12.0. The number of benzene rings is 1. The van der Waals surface area contributed by atoms with E-state index in [0.29, 0.717) is 18.7 Å². The highest BCUT2D eigenvalue weighted by Gasteiger charge is 2.12. The molecule has 0 aliphatic heterocycles. The van der Waals surface area contributed by atoms with Gasteiger partial charge in [0.1, 0.15) is 0 Å². The molecule has 0 aliphatic carbocycles. The summed E-state index contributed by atoms with van der Waals surface area (Å²) in [6.45, 7) is 0.544. The van der Waals surface area contributed by atoms with Crippen LogP contribution in [0, 0.1) is 0 Å². The molecule has 2 aromatic heterocycles. The quantitative estimate of drug-likeness (QED) is 0.656. The number of hydrogen-bond donors (Lipinski definition) is 3. The minimum absolute atomic E-state index is 0.169. The van der Waals surface area contributed by atoms with E-state index in [2.05, 4.69) is 25.5 Å². The predicted octanol–water partition coefficient (Wildman–Crippen LogP) is 1.26. The van der Waals surface area contributed by atoms with E-state index in [9.17, 15) is 4.79 Å². The van der Waals surface area contributed by atoms with E-state index < -0.39 is 0 Å². The van der Waals surface area contributed by atoms with Gasteiger partial charge in [-0.05, 0) is 6.07 Å². The average Bonchev–Trinajstić information content (AvgIpc) is 3.07. The van der Waals surface area contributed by atoms with Crippen molar-refractivity contribution in [1.82, 2.24) is 25.5 Å². The molecule has 6 nitrogen and oxygen atoms in total. The zero-order valence-corrected chi connectivity index (χ0v) is 10.2. The monoisotopic (exact) mass is 255 g/mol. The molecule has 0 spiro atoms. The Labute approximate surface area is 109 Å². The van der Waals surface area contributed by atoms with E-state index in [1.165, 1.54) is 0 Å². The number of para-hydroxylation sites is 1. The highest BCUT2D eigenvalue weighted by Crippen LogP contribution is 2.14. The molecule has 0 atom stereocenters. The first-order valence-corrected chi connectivity index (χ1v) is 6.03. The van der Waals surface area contributed by atoms with Crippen LogP contribution in [-0.4, -0.2) is 32.6 Å². The van der Waals surface area contributed by atoms with Crippen LogP contribution in [0.4, 0.5) is 0 Å². The molecule has 6 heteroatoms. The van der Waals surface area contributed by atoms with Crippen LogP contribution in [-0.2, 0) is 6.42 Å². The smallest absolute Gasteiger partial charge is 0.272 e. The second-order valence-corrected chi connectivity index (χ2v) is 4.20. The van der Waals surface area contributed by atoms with Gasteiger partial charge in [-0.1, -0.05) is 18.2 Å². The van der Waals surface area contributed by atoms with Gasteiger partial charge in [-0.3, -0.25) is 9.89 Å². The third-order valence-corrected chi connectivity index (χ3v) is 2.92. The van der Waals surface area contributed by atoms with Crippen LogP contribution >= 0.6 is 0 Å². The molecule has 1 amide bonds. The Morgan fingerprint density at radius 1 is 1.32 bits per heavy atom. The maximum atomic E-state index is 12.0. The van der Waals surface area contributed by atoms with Crippen molar-refractivity contribution in [2.75, 3.05) is 6.54 Å². The summed E-state index contributed by atoms with van der Waals surface area (Å²) in [5, 5.41) is 10.6. The van der Waals surface area contributed by atoms with Gasteiger partial charge in [-0.2, -0.15) is 5.10 Å². The van der Waals surface area contributed by atoms with Gasteiger partial charge < -0.3 is 10.3 Å². The number of aromatic amines is 2. The number of amides is 1. The number of carbonyl (C=O) groups excluding carboxylic acids is 1. The van der Waals surface area contributed by atoms with Crippen molar-refractivity contribution in [2.24, 2.45) is 0 Å². The first-order valence-electron chi connectivity index (χ1n) is 6.03. The van der Waals surface area contributed by atoms with Crippen LogP contribution in [0.25, 0.3) is 10.9 Å². The number of aromatic nitrogens is 4. The molecule has 0 bridgehead atoms. The lowest BCUT2D eigenvalue weighted by molar-refractivity contribution is 0.0950. The topological polar surface area (TPSA) is 86.5 Å². The summed E-state index contributed by atoms with van der Waals surface area (Å²) in [6, 6.07) is 7.56. The predicted molar refractivity (Wildman–Crippen MR) is 70.7 cm³/mol. The number of nitrogens with one attached hydrogen (secondary N) is 3. The van der Waals surface area contributed by atoms with E-state index in [1.807, 2.05) is 24.3 Å². The summed E-state index contributed by atoms with van der Waals surface area (Å²) < 4.78 is 0. The molecule has 0 radical (unpaired) electrons. The molecular formula is C13H13N5O. The van der Waals surface area contributed by atoms with Crippen molar-refractivity contribution in [2.45, 2.75) is 6.42 Å². The van der Waals surface area contributed by atoms with Crippen molar-refractivity contribution in [3.05, 3.63) is 48.2 Å². The van der Waals surface area contributed by atoms with E-state index in [-0.39, 0.29) is 5.91 Å². The minimum Gasteiger partial charge on any atom is -0.350 e. The lowest BCUT2D eigenvalue weighted by atomic mass is 10.2. The summed E-state index contributed by atoms with van der Waals surface area (Å²) in [5.41, 5.74) is 2.29. The first kappa shape index (κ1) is 11.5. The van der Waals surface area contributed by atoms with Gasteiger partial charge in [0.15, 0.2) is 5.69 Å². The van der Waals surface area contributed by atoms with Crippen molar-refractivity contribution in [3.63, 3.8) is 0 Å². The fraction of sp³-hybridized carbons (Fsp3) is 0.154. The Kier molecular flexibility index (Phi) is 2.97. The van der Waals surface area contributed by atoms with Gasteiger partial charge in [0.05, 0.1) is 11.8 Å². The van der Waals surface area contributed by atoms with E-state index >= 15 is 0 Å². The molecule has 0 aliphatic rings. The molecule has 3 N–H and O–H groups in total. The molecular weight excluding hydrogens is 242 g/mol. The lowest BCUT2D eigenvalue weighted by Gasteiger charge is -2.02. The Hall–Kier alpha value is -2.63. The standard InChI is InChI=1S/C13H13N5O/c19-13(15-6-5-9-7-14-8-16-9)12-10-3-1-2-4-11(10)17-18-12/h1-4,7-8H,5-6H2,(H,14,16)(H,15,19)(H,17,18). The molecule has 2 heterocycles. The van der Waals surface area contributed by atoms with E-state index in [1.54, 1.807) is 12.5 Å². The Morgan fingerprint density at radius 2 is 2.21 bits per heavy atom. The minimum atomic E-state index is -0.169. The average molecular weight is 255 g/mol. The molecule has 0 fully saturated rings. The normalized spacial score (nSPS) is 10.7. The van der Waals surface area contributed by atoms with Crippen LogP contribution in [0.1, 0.15) is 16.2 Å². The number of imidazole rings is 1. The van der Waals surface area contributed by atoms with Gasteiger partial charge in [0.2, 0.25) is 0 Å².